The highest BCUT2D eigenvalue weighted by Gasteiger charge is 2.56. The molecule has 3 aliphatic rings. The van der Waals surface area contributed by atoms with Crippen molar-refractivity contribution in [3.05, 3.63) is 0 Å². The van der Waals surface area contributed by atoms with Crippen LogP contribution in [-0.2, 0) is 0 Å². The van der Waals surface area contributed by atoms with E-state index in [4.69, 9.17) is 0 Å². The number of rotatable bonds is 0. The molecule has 0 amide bonds. The molecule has 3 unspecified atom stereocenters. The van der Waals surface area contributed by atoms with Gasteiger partial charge in [-0.15, -0.1) is 0 Å². The molecule has 0 spiro atoms. The molecule has 0 saturated heterocycles. The fraction of sp³-hybridized carbons (Fsp3) is 1.00. The zero-order valence-corrected chi connectivity index (χ0v) is 8.29. The summed E-state index contributed by atoms with van der Waals surface area (Å²) in [6.07, 6.45) is 6.25. The first-order valence-electron chi connectivity index (χ1n) is 5.79. The van der Waals surface area contributed by atoms with Crippen LogP contribution in [0.15, 0.2) is 0 Å². The third-order valence-electron chi connectivity index (χ3n) is 5.40. The van der Waals surface area contributed by atoms with Crippen molar-refractivity contribution < 1.29 is 0 Å². The maximum Gasteiger partial charge on any atom is -0.0324 e. The van der Waals surface area contributed by atoms with Crippen molar-refractivity contribution in [2.24, 2.45) is 35.5 Å². The molecule has 68 valence electrons. The van der Waals surface area contributed by atoms with Gasteiger partial charge in [0, 0.05) is 0 Å². The predicted octanol–water partition coefficient (Wildman–Crippen LogP) is 3.32. The van der Waals surface area contributed by atoms with Crippen molar-refractivity contribution in [1.82, 2.24) is 0 Å². The molecule has 6 atom stereocenters. The summed E-state index contributed by atoms with van der Waals surface area (Å²) in [6.45, 7) is 5.01. The molecular weight excluding hydrogens is 144 g/mol. The van der Waals surface area contributed by atoms with Gasteiger partial charge in [0.1, 0.15) is 0 Å². The second kappa shape index (κ2) is 2.27. The monoisotopic (exact) mass is 164 g/mol. The van der Waals surface area contributed by atoms with Crippen molar-refractivity contribution in [2.45, 2.75) is 39.5 Å². The molecule has 0 heterocycles. The number of hydrogen-bond donors (Lipinski definition) is 0. The minimum absolute atomic E-state index is 1.05. The number of hydrogen-bond acceptors (Lipinski definition) is 0. The average Bonchev–Trinajstić information content (AvgIpc) is 2.24. The first-order chi connectivity index (χ1) is 5.79. The summed E-state index contributed by atoms with van der Waals surface area (Å²) < 4.78 is 0. The van der Waals surface area contributed by atoms with Crippen LogP contribution in [0.3, 0.4) is 0 Å². The largest absolute Gasteiger partial charge is 0.0620 e. The molecule has 3 saturated carbocycles. The molecule has 12 heavy (non-hydrogen) atoms. The highest BCUT2D eigenvalue weighted by Crippen LogP contribution is 2.63. The van der Waals surface area contributed by atoms with Gasteiger partial charge in [0.25, 0.3) is 0 Å². The van der Waals surface area contributed by atoms with E-state index in [9.17, 15) is 0 Å². The Hall–Kier alpha value is 0. The first kappa shape index (κ1) is 7.41. The van der Waals surface area contributed by atoms with Crippen molar-refractivity contribution in [2.75, 3.05) is 0 Å². The molecule has 3 fully saturated rings. The van der Waals surface area contributed by atoms with E-state index in [1.165, 1.54) is 18.3 Å². The zero-order valence-electron chi connectivity index (χ0n) is 8.29. The molecule has 0 nitrogen and oxygen atoms in total. The maximum absolute atomic E-state index is 2.51. The Labute approximate surface area is 75.7 Å². The fourth-order valence-electron chi connectivity index (χ4n) is 4.56. The van der Waals surface area contributed by atoms with Crippen LogP contribution in [0.5, 0.6) is 0 Å². The third kappa shape index (κ3) is 0.701. The van der Waals surface area contributed by atoms with E-state index in [0.717, 1.165) is 23.7 Å². The van der Waals surface area contributed by atoms with E-state index in [0.29, 0.717) is 0 Å². The SMILES string of the molecule is CC1C2CCC[C@H]3C[C@H](C1C)[C@H]23. The summed E-state index contributed by atoms with van der Waals surface area (Å²) in [5.74, 6) is 6.73. The van der Waals surface area contributed by atoms with Gasteiger partial charge >= 0.3 is 0 Å². The van der Waals surface area contributed by atoms with E-state index >= 15 is 0 Å². The molecule has 3 aliphatic carbocycles. The molecule has 0 bridgehead atoms. The van der Waals surface area contributed by atoms with E-state index in [-0.39, 0.29) is 0 Å². The highest BCUT2D eigenvalue weighted by molar-refractivity contribution is 5.05. The van der Waals surface area contributed by atoms with Crippen molar-refractivity contribution in [3.63, 3.8) is 0 Å². The van der Waals surface area contributed by atoms with Crippen LogP contribution in [0.2, 0.25) is 0 Å². The molecule has 0 radical (unpaired) electrons. The van der Waals surface area contributed by atoms with Crippen molar-refractivity contribution in [1.29, 1.82) is 0 Å². The van der Waals surface area contributed by atoms with E-state index < -0.39 is 0 Å². The van der Waals surface area contributed by atoms with Gasteiger partial charge in [-0.1, -0.05) is 26.7 Å². The summed E-state index contributed by atoms with van der Waals surface area (Å²) in [5, 5.41) is 0. The van der Waals surface area contributed by atoms with Crippen LogP contribution in [0.25, 0.3) is 0 Å². The maximum atomic E-state index is 2.51. The molecule has 3 rings (SSSR count). The Morgan fingerprint density at radius 1 is 0.917 bits per heavy atom. The van der Waals surface area contributed by atoms with Crippen molar-refractivity contribution in [3.8, 4) is 0 Å². The Kier molecular flexibility index (Phi) is 1.40. The normalized spacial score (nSPS) is 62.5. The molecule has 0 aromatic carbocycles. The van der Waals surface area contributed by atoms with E-state index in [1.54, 1.807) is 19.3 Å². The molecule has 0 aromatic rings. The summed E-state index contributed by atoms with van der Waals surface area (Å²) in [7, 11) is 0. The first-order valence-corrected chi connectivity index (χ1v) is 5.79. The minimum atomic E-state index is 1.05. The van der Waals surface area contributed by atoms with Crippen LogP contribution in [0.4, 0.5) is 0 Å². The molecule has 0 aromatic heterocycles. The van der Waals surface area contributed by atoms with Gasteiger partial charge in [-0.2, -0.15) is 0 Å². The lowest BCUT2D eigenvalue weighted by Gasteiger charge is -2.48. The third-order valence-corrected chi connectivity index (χ3v) is 5.40. The molecule has 0 aliphatic heterocycles. The standard InChI is InChI=1S/C12H20/c1-7-8(2)11-6-9-4-3-5-10(7)12(9)11/h7-12H,3-6H2,1-2H3/t7?,8?,9-,10?,11+,12-/m0/s1. The topological polar surface area (TPSA) is 0 Å². The highest BCUT2D eigenvalue weighted by atomic mass is 14.6. The fourth-order valence-corrected chi connectivity index (χ4v) is 4.56. The van der Waals surface area contributed by atoms with Gasteiger partial charge < -0.3 is 0 Å². The van der Waals surface area contributed by atoms with Gasteiger partial charge in [-0.3, -0.25) is 0 Å². The van der Waals surface area contributed by atoms with Crippen LogP contribution in [-0.4, -0.2) is 0 Å². The minimum Gasteiger partial charge on any atom is -0.0620 e. The molecule has 0 heteroatoms. The summed E-state index contributed by atoms with van der Waals surface area (Å²) in [4.78, 5) is 0. The Morgan fingerprint density at radius 3 is 2.42 bits per heavy atom. The second-order valence-electron chi connectivity index (χ2n) is 5.55. The lowest BCUT2D eigenvalue weighted by molar-refractivity contribution is 0.0152. The van der Waals surface area contributed by atoms with E-state index in [2.05, 4.69) is 13.8 Å². The summed E-state index contributed by atoms with van der Waals surface area (Å²) in [6, 6.07) is 0. The van der Waals surface area contributed by atoms with Gasteiger partial charge in [0.15, 0.2) is 0 Å². The summed E-state index contributed by atoms with van der Waals surface area (Å²) >= 11 is 0. The van der Waals surface area contributed by atoms with Gasteiger partial charge in [-0.05, 0) is 48.3 Å². The Balaban J connectivity index is 1.89. The van der Waals surface area contributed by atoms with Crippen molar-refractivity contribution >= 4 is 0 Å². The van der Waals surface area contributed by atoms with Gasteiger partial charge in [-0.25, -0.2) is 0 Å². The van der Waals surface area contributed by atoms with Crippen LogP contribution in [0.1, 0.15) is 39.5 Å². The molecule has 0 N–H and O–H groups in total. The van der Waals surface area contributed by atoms with Gasteiger partial charge in [0.05, 0.1) is 0 Å². The Bertz CT molecular complexity index is 190. The van der Waals surface area contributed by atoms with E-state index in [1.807, 2.05) is 0 Å². The van der Waals surface area contributed by atoms with Crippen LogP contribution >= 0.6 is 0 Å². The zero-order chi connectivity index (χ0) is 8.29. The lowest BCUT2D eigenvalue weighted by atomic mass is 9.57. The second-order valence-corrected chi connectivity index (χ2v) is 5.55. The Morgan fingerprint density at radius 2 is 1.67 bits per heavy atom. The predicted molar refractivity (Wildman–Crippen MR) is 50.8 cm³/mol. The van der Waals surface area contributed by atoms with Crippen LogP contribution in [0, 0.1) is 35.5 Å². The van der Waals surface area contributed by atoms with Crippen LogP contribution < -0.4 is 0 Å². The average molecular weight is 164 g/mol. The quantitative estimate of drug-likeness (QED) is 0.515. The molecular formula is C12H20. The van der Waals surface area contributed by atoms with Gasteiger partial charge in [0.2, 0.25) is 0 Å². The summed E-state index contributed by atoms with van der Waals surface area (Å²) in [5.41, 5.74) is 0. The smallest absolute Gasteiger partial charge is 0.0324 e. The lowest BCUT2D eigenvalue weighted by Crippen LogP contribution is -2.40.